The van der Waals surface area contributed by atoms with Gasteiger partial charge in [-0.1, -0.05) is 99.6 Å². The van der Waals surface area contributed by atoms with Gasteiger partial charge >= 0.3 is 0 Å². The predicted molar refractivity (Wildman–Crippen MR) is 110 cm³/mol. The van der Waals surface area contributed by atoms with Gasteiger partial charge in [0.2, 0.25) is 6.71 Å². The zero-order valence-corrected chi connectivity index (χ0v) is 16.1. The second kappa shape index (κ2) is 8.37. The van der Waals surface area contributed by atoms with Gasteiger partial charge in [0.25, 0.3) is 0 Å². The van der Waals surface area contributed by atoms with Crippen molar-refractivity contribution in [2.75, 3.05) is 0 Å². The van der Waals surface area contributed by atoms with Gasteiger partial charge in [-0.25, -0.2) is 0 Å². The molecular weight excluding hydrogens is 287 g/mol. The third-order valence-corrected chi connectivity index (χ3v) is 4.88. The highest BCUT2D eigenvalue weighted by Crippen LogP contribution is 2.15. The van der Waals surface area contributed by atoms with Crippen LogP contribution >= 0.6 is 0 Å². The minimum absolute atomic E-state index is 0.336. The summed E-state index contributed by atoms with van der Waals surface area (Å²) in [6.07, 6.45) is 1.10. The van der Waals surface area contributed by atoms with Crippen molar-refractivity contribution in [2.24, 2.45) is 0 Å². The Morgan fingerprint density at radius 3 is 1.71 bits per heavy atom. The molecule has 24 heavy (non-hydrogen) atoms. The van der Waals surface area contributed by atoms with Crippen LogP contribution in [-0.4, -0.2) is 6.71 Å². The highest BCUT2D eigenvalue weighted by molar-refractivity contribution is 6.89. The van der Waals surface area contributed by atoms with Crippen molar-refractivity contribution in [1.82, 2.24) is 0 Å². The van der Waals surface area contributed by atoms with Crippen LogP contribution in [0.1, 0.15) is 70.9 Å². The standard InChI is InChI=1S/C23H31B/c1-7-19(6)16-24(22-12-8-10-20(14-22)17(2)3)23-13-9-11-21(15-23)18(4)5/h8-18H,7H2,1-6H3. The van der Waals surface area contributed by atoms with Crippen molar-refractivity contribution in [2.45, 2.75) is 59.8 Å². The first-order valence-corrected chi connectivity index (χ1v) is 9.29. The van der Waals surface area contributed by atoms with Gasteiger partial charge in [0.1, 0.15) is 0 Å². The number of rotatable bonds is 6. The first kappa shape index (κ1) is 18.6. The largest absolute Gasteiger partial charge is 0.233 e. The molecule has 0 saturated heterocycles. The molecule has 2 aromatic carbocycles. The molecule has 2 rings (SSSR count). The van der Waals surface area contributed by atoms with Crippen LogP contribution in [0.3, 0.4) is 0 Å². The highest BCUT2D eigenvalue weighted by Gasteiger charge is 2.18. The Balaban J connectivity index is 2.53. The van der Waals surface area contributed by atoms with Crippen molar-refractivity contribution < 1.29 is 0 Å². The van der Waals surface area contributed by atoms with E-state index in [0.717, 1.165) is 6.42 Å². The quantitative estimate of drug-likeness (QED) is 0.622. The molecule has 0 aliphatic heterocycles. The van der Waals surface area contributed by atoms with Gasteiger partial charge in [-0.15, -0.1) is 5.98 Å². The highest BCUT2D eigenvalue weighted by atomic mass is 14.1. The van der Waals surface area contributed by atoms with Gasteiger partial charge in [-0.3, -0.25) is 0 Å². The van der Waals surface area contributed by atoms with Crippen molar-refractivity contribution in [3.8, 4) is 0 Å². The number of hydrogen-bond acceptors (Lipinski definition) is 0. The molecule has 0 saturated carbocycles. The molecule has 126 valence electrons. The van der Waals surface area contributed by atoms with E-state index in [0.29, 0.717) is 18.5 Å². The lowest BCUT2D eigenvalue weighted by atomic mass is 9.40. The van der Waals surface area contributed by atoms with E-state index in [4.69, 9.17) is 0 Å². The fourth-order valence-corrected chi connectivity index (χ4v) is 3.01. The average Bonchev–Trinajstić information content (AvgIpc) is 2.59. The Kier molecular flexibility index (Phi) is 6.48. The van der Waals surface area contributed by atoms with Gasteiger partial charge in [0.05, 0.1) is 0 Å². The Bertz CT molecular complexity index is 643. The van der Waals surface area contributed by atoms with Crippen molar-refractivity contribution in [3.05, 3.63) is 71.2 Å². The van der Waals surface area contributed by atoms with Crippen LogP contribution in [0.5, 0.6) is 0 Å². The smallest absolute Gasteiger partial charge is 0.107 e. The van der Waals surface area contributed by atoms with E-state index < -0.39 is 0 Å². The number of allylic oxidation sites excluding steroid dienone is 1. The van der Waals surface area contributed by atoms with Crippen LogP contribution in [0, 0.1) is 0 Å². The van der Waals surface area contributed by atoms with Crippen molar-refractivity contribution >= 4 is 17.6 Å². The van der Waals surface area contributed by atoms with Crippen molar-refractivity contribution in [3.63, 3.8) is 0 Å². The maximum absolute atomic E-state index is 2.44. The van der Waals surface area contributed by atoms with Gasteiger partial charge in [0, 0.05) is 0 Å². The van der Waals surface area contributed by atoms with E-state index in [1.165, 1.54) is 27.6 Å². The van der Waals surface area contributed by atoms with Crippen LogP contribution in [-0.2, 0) is 0 Å². The maximum atomic E-state index is 2.44. The first-order valence-electron chi connectivity index (χ1n) is 9.29. The minimum Gasteiger partial charge on any atom is -0.107 e. The van der Waals surface area contributed by atoms with Crippen LogP contribution in [0.4, 0.5) is 0 Å². The van der Waals surface area contributed by atoms with E-state index in [2.05, 4.69) is 96.0 Å². The van der Waals surface area contributed by atoms with E-state index >= 15 is 0 Å². The summed E-state index contributed by atoms with van der Waals surface area (Å²) < 4.78 is 0. The molecule has 0 N–H and O–H groups in total. The van der Waals surface area contributed by atoms with Crippen molar-refractivity contribution in [1.29, 1.82) is 0 Å². The minimum atomic E-state index is 0.336. The molecule has 2 aromatic rings. The van der Waals surface area contributed by atoms with Crippen LogP contribution < -0.4 is 10.9 Å². The molecule has 0 radical (unpaired) electrons. The molecule has 0 unspecified atom stereocenters. The van der Waals surface area contributed by atoms with E-state index in [1.807, 2.05) is 0 Å². The Hall–Kier alpha value is -1.76. The molecule has 0 bridgehead atoms. The predicted octanol–water partition coefficient (Wildman–Crippen LogP) is 5.44. The fourth-order valence-electron chi connectivity index (χ4n) is 3.01. The monoisotopic (exact) mass is 318 g/mol. The van der Waals surface area contributed by atoms with Gasteiger partial charge < -0.3 is 0 Å². The van der Waals surface area contributed by atoms with E-state index in [9.17, 15) is 0 Å². The Morgan fingerprint density at radius 1 is 0.875 bits per heavy atom. The summed E-state index contributed by atoms with van der Waals surface area (Å²) in [5, 5.41) is 0. The number of benzene rings is 2. The summed E-state index contributed by atoms with van der Waals surface area (Å²) in [5.41, 5.74) is 7.08. The number of hydrogen-bond donors (Lipinski definition) is 0. The van der Waals surface area contributed by atoms with E-state index in [1.54, 1.807) is 0 Å². The average molecular weight is 318 g/mol. The van der Waals surface area contributed by atoms with Crippen LogP contribution in [0.2, 0.25) is 0 Å². The molecule has 0 aromatic heterocycles. The topological polar surface area (TPSA) is 0 Å². The fraction of sp³-hybridized carbons (Fsp3) is 0.391. The summed E-state index contributed by atoms with van der Waals surface area (Å²) >= 11 is 0. The lowest BCUT2D eigenvalue weighted by Crippen LogP contribution is -2.41. The lowest BCUT2D eigenvalue weighted by molar-refractivity contribution is 0.867. The van der Waals surface area contributed by atoms with Gasteiger partial charge in [-0.05, 0) is 36.3 Å². The molecule has 0 aliphatic rings. The molecule has 0 heterocycles. The maximum Gasteiger partial charge on any atom is 0.233 e. The summed E-state index contributed by atoms with van der Waals surface area (Å²) in [7, 11) is 0. The second-order valence-electron chi connectivity index (χ2n) is 7.49. The summed E-state index contributed by atoms with van der Waals surface area (Å²) in [6.45, 7) is 13.9. The Morgan fingerprint density at radius 2 is 1.33 bits per heavy atom. The van der Waals surface area contributed by atoms with Gasteiger partial charge in [-0.2, -0.15) is 0 Å². The molecular formula is C23H31B. The molecule has 0 amide bonds. The summed E-state index contributed by atoms with van der Waals surface area (Å²) in [6, 6.07) is 18.2. The zero-order chi connectivity index (χ0) is 17.7. The van der Waals surface area contributed by atoms with Gasteiger partial charge in [0.15, 0.2) is 0 Å². The second-order valence-corrected chi connectivity index (χ2v) is 7.49. The lowest BCUT2D eigenvalue weighted by Gasteiger charge is -2.16. The third kappa shape index (κ3) is 4.63. The normalized spacial score (nSPS) is 12.1. The Labute approximate surface area is 149 Å². The molecule has 0 fully saturated rings. The zero-order valence-electron chi connectivity index (χ0n) is 16.1. The molecule has 1 heteroatoms. The molecule has 0 aliphatic carbocycles. The third-order valence-electron chi connectivity index (χ3n) is 4.88. The molecule has 0 atom stereocenters. The first-order chi connectivity index (χ1) is 11.4. The molecule has 0 spiro atoms. The van der Waals surface area contributed by atoms with Crippen LogP contribution in [0.15, 0.2) is 60.1 Å². The van der Waals surface area contributed by atoms with E-state index in [-0.39, 0.29) is 0 Å². The van der Waals surface area contributed by atoms with Crippen LogP contribution in [0.25, 0.3) is 0 Å². The SMILES string of the molecule is CCC(C)=CB(c1cccc(C(C)C)c1)c1cccc(C(C)C)c1. The molecule has 0 nitrogen and oxygen atoms in total. The summed E-state index contributed by atoms with van der Waals surface area (Å²) in [4.78, 5) is 0. The summed E-state index contributed by atoms with van der Waals surface area (Å²) in [5.74, 6) is 3.56.